The van der Waals surface area contributed by atoms with E-state index in [9.17, 15) is 49.8 Å². The van der Waals surface area contributed by atoms with Gasteiger partial charge in [-0.1, -0.05) is 6.92 Å². The zero-order valence-electron chi connectivity index (χ0n) is 25.0. The van der Waals surface area contributed by atoms with Gasteiger partial charge in [0.25, 0.3) is 11.2 Å². The van der Waals surface area contributed by atoms with Crippen LogP contribution in [0.15, 0.2) is 29.3 Å². The van der Waals surface area contributed by atoms with E-state index >= 15 is 0 Å². The van der Waals surface area contributed by atoms with Gasteiger partial charge < -0.3 is 49.6 Å². The lowest BCUT2D eigenvalue weighted by Gasteiger charge is -2.45. The highest BCUT2D eigenvalue weighted by Gasteiger charge is 2.63. The fourth-order valence-electron chi connectivity index (χ4n) is 7.03. The summed E-state index contributed by atoms with van der Waals surface area (Å²) in [6.45, 7) is 3.01. The van der Waals surface area contributed by atoms with Crippen LogP contribution in [0.25, 0.3) is 22.6 Å². The normalized spacial score (nSPS) is 28.3. The maximum absolute atomic E-state index is 13.2. The van der Waals surface area contributed by atoms with Crippen LogP contribution in [-0.4, -0.2) is 91.8 Å². The number of esters is 2. The van der Waals surface area contributed by atoms with Crippen molar-refractivity contribution in [3.8, 4) is 34.1 Å². The number of aliphatic hydroxyl groups excluding tert-OH is 4. The lowest BCUT2D eigenvalue weighted by atomic mass is 9.69. The first-order valence-electron chi connectivity index (χ1n) is 14.3. The van der Waals surface area contributed by atoms with E-state index in [0.717, 1.165) is 14.2 Å². The number of ketones is 2. The van der Waals surface area contributed by atoms with Crippen molar-refractivity contribution in [2.24, 2.45) is 5.92 Å². The third-order valence-corrected chi connectivity index (χ3v) is 9.21. The van der Waals surface area contributed by atoms with E-state index in [4.69, 9.17) is 18.9 Å². The van der Waals surface area contributed by atoms with Gasteiger partial charge in [-0.2, -0.15) is 0 Å². The molecule has 2 aliphatic carbocycles. The number of rotatable bonds is 3. The van der Waals surface area contributed by atoms with Crippen LogP contribution in [0.1, 0.15) is 42.9 Å². The molecule has 0 unspecified atom stereocenters. The summed E-state index contributed by atoms with van der Waals surface area (Å²) in [7, 11) is 2.04. The Labute approximate surface area is 260 Å². The van der Waals surface area contributed by atoms with E-state index in [-0.39, 0.29) is 47.5 Å². The van der Waals surface area contributed by atoms with Gasteiger partial charge in [-0.15, -0.1) is 0 Å². The number of aliphatic hydroxyl groups is 4. The molecule has 0 aromatic heterocycles. The Bertz CT molecular complexity index is 1840. The summed E-state index contributed by atoms with van der Waals surface area (Å²) < 4.78 is 21.5. The molecule has 242 valence electrons. The van der Waals surface area contributed by atoms with Crippen LogP contribution < -0.4 is 9.47 Å². The number of methoxy groups -OCH3 is 2. The first kappa shape index (κ1) is 30.9. The van der Waals surface area contributed by atoms with E-state index < -0.39 is 98.1 Å². The van der Waals surface area contributed by atoms with Crippen LogP contribution in [-0.2, 0) is 28.7 Å². The fourth-order valence-corrected chi connectivity index (χ4v) is 7.03. The van der Waals surface area contributed by atoms with Gasteiger partial charge in [0.2, 0.25) is 0 Å². The second-order valence-electron chi connectivity index (χ2n) is 11.8. The second-order valence-corrected chi connectivity index (χ2v) is 11.8. The van der Waals surface area contributed by atoms with Crippen LogP contribution >= 0.6 is 0 Å². The van der Waals surface area contributed by atoms with E-state index in [1.807, 2.05) is 0 Å². The Morgan fingerprint density at radius 2 is 1.39 bits per heavy atom. The van der Waals surface area contributed by atoms with Crippen molar-refractivity contribution < 1.29 is 68.8 Å². The van der Waals surface area contributed by atoms with Gasteiger partial charge in [0.1, 0.15) is 57.9 Å². The molecule has 2 aromatic rings. The molecule has 46 heavy (non-hydrogen) atoms. The number of fused-ring (bicyclic) bond motifs is 4. The first-order chi connectivity index (χ1) is 21.7. The van der Waals surface area contributed by atoms with Crippen LogP contribution in [0.4, 0.5) is 0 Å². The SMILES string of the molecule is COC(=O)[C@@]12Oc3ccc(-c4c(C)cc5c(c4O)C(O)=C4C(=O)CC[C@H](O)[C@@]4(C(=O)OC)O5)c(O)c3C(O)=C1C(=O)C[C@H](C)[C@H]2O. The third kappa shape index (κ3) is 3.70. The Hall–Kier alpha value is -5.08. The summed E-state index contributed by atoms with van der Waals surface area (Å²) in [5.41, 5.74) is -6.94. The highest BCUT2D eigenvalue weighted by molar-refractivity contribution is 6.14. The van der Waals surface area contributed by atoms with Crippen molar-refractivity contribution in [1.29, 1.82) is 0 Å². The summed E-state index contributed by atoms with van der Waals surface area (Å²) in [5, 5.41) is 67.8. The molecule has 4 aliphatic rings. The minimum absolute atomic E-state index is 0.115. The molecule has 14 heteroatoms. The summed E-state index contributed by atoms with van der Waals surface area (Å²) >= 11 is 0. The van der Waals surface area contributed by atoms with Crippen molar-refractivity contribution >= 4 is 35.0 Å². The molecule has 6 N–H and O–H groups in total. The second kappa shape index (κ2) is 10.2. The zero-order chi connectivity index (χ0) is 33.6. The van der Waals surface area contributed by atoms with Crippen LogP contribution in [0.2, 0.25) is 0 Å². The highest BCUT2D eigenvalue weighted by Crippen LogP contribution is 2.56. The van der Waals surface area contributed by atoms with E-state index in [0.29, 0.717) is 0 Å². The van der Waals surface area contributed by atoms with Crippen molar-refractivity contribution in [2.75, 3.05) is 14.2 Å². The summed E-state index contributed by atoms with van der Waals surface area (Å²) in [5.74, 6) is -8.18. The topological polar surface area (TPSA) is 227 Å². The van der Waals surface area contributed by atoms with Crippen molar-refractivity contribution in [2.45, 2.75) is 56.5 Å². The van der Waals surface area contributed by atoms with Crippen LogP contribution in [0.3, 0.4) is 0 Å². The lowest BCUT2D eigenvalue weighted by Crippen LogP contribution is -2.64. The Balaban J connectivity index is 1.58. The molecule has 2 fully saturated rings. The number of carbonyl (C=O) groups excluding carboxylic acids is 4. The third-order valence-electron chi connectivity index (χ3n) is 9.21. The molecule has 0 bridgehead atoms. The van der Waals surface area contributed by atoms with Gasteiger partial charge in [0.15, 0.2) is 11.6 Å². The zero-order valence-corrected chi connectivity index (χ0v) is 25.0. The van der Waals surface area contributed by atoms with E-state index in [2.05, 4.69) is 0 Å². The summed E-state index contributed by atoms with van der Waals surface area (Å²) in [6.07, 6.45) is -3.84. The molecule has 14 nitrogen and oxygen atoms in total. The Kier molecular flexibility index (Phi) is 6.87. The fraction of sp³-hybridized carbons (Fsp3) is 0.375. The predicted octanol–water partition coefficient (Wildman–Crippen LogP) is 1.91. The Morgan fingerprint density at radius 3 is 2.02 bits per heavy atom. The van der Waals surface area contributed by atoms with Gasteiger partial charge in [-0.05, 0) is 43.0 Å². The monoisotopic (exact) mass is 638 g/mol. The molecule has 2 saturated carbocycles. The number of phenolic OH excluding ortho intramolecular Hbond substituents is 2. The van der Waals surface area contributed by atoms with E-state index in [1.165, 1.54) is 32.0 Å². The molecule has 5 atom stereocenters. The molecule has 0 amide bonds. The number of phenols is 2. The quantitative estimate of drug-likeness (QED) is 0.264. The summed E-state index contributed by atoms with van der Waals surface area (Å²) in [4.78, 5) is 52.2. The number of Topliss-reactive ketones (excluding diaryl/α,β-unsaturated/α-hetero) is 2. The van der Waals surface area contributed by atoms with E-state index in [1.54, 1.807) is 0 Å². The number of hydrogen-bond donors (Lipinski definition) is 6. The molecule has 2 aromatic carbocycles. The number of ether oxygens (including phenoxy) is 4. The predicted molar refractivity (Wildman–Crippen MR) is 155 cm³/mol. The highest BCUT2D eigenvalue weighted by atomic mass is 16.6. The largest absolute Gasteiger partial charge is 0.506 e. The minimum atomic E-state index is -2.42. The number of aromatic hydroxyl groups is 2. The standard InChI is InChI=1S/C32H30O14/c1-11-10-17-21(27(39)22-14(33)6-8-18(35)31(22,46-17)29(41)43-3)25(37)19(11)13-5-7-16-20(24(13)36)26(38)23-15(34)9-12(2)28(40)32(23,45-16)30(42)44-4/h5,7,10,12,18,28,35-40H,6,8-9H2,1-4H3/t12-,18-,28+,31+,32+/m0/s1. The average Bonchev–Trinajstić information content (AvgIpc) is 3.01. The first-order valence-corrected chi connectivity index (χ1v) is 14.3. The number of carbonyl (C=O) groups is 4. The maximum atomic E-state index is 13.2. The summed E-state index contributed by atoms with van der Waals surface area (Å²) in [6, 6.07) is 3.79. The number of aryl methyl sites for hydroxylation is 1. The molecule has 0 saturated heterocycles. The molecule has 2 heterocycles. The van der Waals surface area contributed by atoms with Gasteiger partial charge in [-0.3, -0.25) is 9.59 Å². The van der Waals surface area contributed by atoms with Crippen molar-refractivity contribution in [1.82, 2.24) is 0 Å². The average molecular weight is 639 g/mol. The van der Waals surface area contributed by atoms with Gasteiger partial charge in [-0.25, -0.2) is 9.59 Å². The van der Waals surface area contributed by atoms with Gasteiger partial charge in [0.05, 0.1) is 25.4 Å². The molecule has 2 aliphatic heterocycles. The molecule has 0 spiro atoms. The smallest absolute Gasteiger partial charge is 0.358 e. The lowest BCUT2D eigenvalue weighted by molar-refractivity contribution is -0.173. The molecular weight excluding hydrogens is 608 g/mol. The van der Waals surface area contributed by atoms with Gasteiger partial charge in [0, 0.05) is 24.0 Å². The minimum Gasteiger partial charge on any atom is -0.506 e. The van der Waals surface area contributed by atoms with Crippen LogP contribution in [0, 0.1) is 12.8 Å². The van der Waals surface area contributed by atoms with Crippen molar-refractivity contribution in [3.63, 3.8) is 0 Å². The van der Waals surface area contributed by atoms with Gasteiger partial charge >= 0.3 is 11.9 Å². The Morgan fingerprint density at radius 1 is 0.826 bits per heavy atom. The molecular formula is C32H30O14. The van der Waals surface area contributed by atoms with Crippen molar-refractivity contribution in [3.05, 3.63) is 46.0 Å². The number of benzene rings is 2. The molecule has 0 radical (unpaired) electrons. The molecule has 6 rings (SSSR count). The maximum Gasteiger partial charge on any atom is 0.358 e. The number of hydrogen-bond acceptors (Lipinski definition) is 14. The van der Waals surface area contributed by atoms with Crippen LogP contribution in [0.5, 0.6) is 23.0 Å².